The minimum Gasteiger partial charge on any atom is -0.393 e. The van der Waals surface area contributed by atoms with E-state index in [1.807, 2.05) is 0 Å². The fraction of sp³-hybridized carbons (Fsp3) is 0.556. The van der Waals surface area contributed by atoms with Gasteiger partial charge in [-0.15, -0.1) is 0 Å². The molecule has 0 heterocycles. The molecule has 0 bridgehead atoms. The van der Waals surface area contributed by atoms with Crippen molar-refractivity contribution in [3.63, 3.8) is 0 Å². The van der Waals surface area contributed by atoms with Crippen molar-refractivity contribution in [2.24, 2.45) is 34.5 Å². The molecule has 9 atom stereocenters. The highest BCUT2D eigenvalue weighted by Gasteiger charge is 2.66. The fourth-order valence-electron chi connectivity index (χ4n) is 9.53. The van der Waals surface area contributed by atoms with Gasteiger partial charge in [0.2, 0.25) is 0 Å². The smallest absolute Gasteiger partial charge is 0.0614 e. The number of allylic oxidation sites excluding steroid dienone is 1. The van der Waals surface area contributed by atoms with Crippen molar-refractivity contribution in [2.75, 3.05) is 0 Å². The van der Waals surface area contributed by atoms with Gasteiger partial charge >= 0.3 is 0 Å². The Morgan fingerprint density at radius 3 is 2.15 bits per heavy atom. The molecule has 0 amide bonds. The third-order valence-corrected chi connectivity index (χ3v) is 11.7. The average Bonchev–Trinajstić information content (AvgIpc) is 3.30. The van der Waals surface area contributed by atoms with Crippen molar-refractivity contribution < 1.29 is 15.3 Å². The summed E-state index contributed by atoms with van der Waals surface area (Å²) in [4.78, 5) is 0. The predicted molar refractivity (Wildman–Crippen MR) is 157 cm³/mol. The van der Waals surface area contributed by atoms with E-state index in [4.69, 9.17) is 0 Å². The summed E-state index contributed by atoms with van der Waals surface area (Å²) in [5, 5.41) is 33.8. The van der Waals surface area contributed by atoms with Gasteiger partial charge in [0.25, 0.3) is 0 Å². The summed E-state index contributed by atoms with van der Waals surface area (Å²) in [6.45, 7) is 7.06. The lowest BCUT2D eigenvalue weighted by Gasteiger charge is -2.63. The molecule has 0 aliphatic heterocycles. The van der Waals surface area contributed by atoms with Gasteiger partial charge in [-0.05, 0) is 103 Å². The summed E-state index contributed by atoms with van der Waals surface area (Å²) < 4.78 is 0. The summed E-state index contributed by atoms with van der Waals surface area (Å²) in [5.41, 5.74) is 3.56. The van der Waals surface area contributed by atoms with Gasteiger partial charge in [0.05, 0.1) is 18.3 Å². The molecule has 2 aromatic carbocycles. The molecule has 3 heteroatoms. The first-order valence-electron chi connectivity index (χ1n) is 15.3. The van der Waals surface area contributed by atoms with Crippen LogP contribution in [0.1, 0.15) is 83.3 Å². The molecule has 6 rings (SSSR count). The van der Waals surface area contributed by atoms with Crippen LogP contribution in [0.25, 0.3) is 5.57 Å². The van der Waals surface area contributed by atoms with Crippen LogP contribution in [0.3, 0.4) is 0 Å². The van der Waals surface area contributed by atoms with Crippen molar-refractivity contribution in [3.8, 4) is 0 Å². The molecular formula is C36H46O3. The summed E-state index contributed by atoms with van der Waals surface area (Å²) >= 11 is 0. The Kier molecular flexibility index (Phi) is 7.31. The molecule has 2 radical (unpaired) electrons. The molecule has 2 aromatic rings. The summed E-state index contributed by atoms with van der Waals surface area (Å²) in [6.07, 6.45) is 8.43. The van der Waals surface area contributed by atoms with Crippen LogP contribution >= 0.6 is 0 Å². The van der Waals surface area contributed by atoms with Crippen molar-refractivity contribution >= 4 is 5.57 Å². The average molecular weight is 527 g/mol. The van der Waals surface area contributed by atoms with Gasteiger partial charge in [0.15, 0.2) is 0 Å². The zero-order valence-corrected chi connectivity index (χ0v) is 23.9. The van der Waals surface area contributed by atoms with Crippen molar-refractivity contribution in [1.29, 1.82) is 0 Å². The second kappa shape index (κ2) is 10.5. The number of aliphatic hydroxyl groups excluding tert-OH is 3. The normalized spacial score (nSPS) is 39.3. The molecule has 4 aliphatic carbocycles. The van der Waals surface area contributed by atoms with Crippen molar-refractivity contribution in [3.05, 3.63) is 89.7 Å². The summed E-state index contributed by atoms with van der Waals surface area (Å²) in [5.74, 6) is 4.01. The van der Waals surface area contributed by atoms with Crippen LogP contribution in [0.5, 0.6) is 0 Å². The van der Waals surface area contributed by atoms with E-state index in [0.29, 0.717) is 24.7 Å². The number of hydrogen-bond donors (Lipinski definition) is 3. The Bertz CT molecular complexity index is 1120. The summed E-state index contributed by atoms with van der Waals surface area (Å²) in [6, 6.07) is 21.3. The van der Waals surface area contributed by atoms with Crippen LogP contribution in [0.4, 0.5) is 0 Å². The molecule has 0 aromatic heterocycles. The minimum atomic E-state index is -0.433. The number of benzene rings is 2. The molecule has 9 unspecified atom stereocenters. The molecule has 0 spiro atoms. The number of hydrogen-bond acceptors (Lipinski definition) is 3. The van der Waals surface area contributed by atoms with Gasteiger partial charge < -0.3 is 15.3 Å². The molecule has 208 valence electrons. The number of rotatable bonds is 5. The first kappa shape index (κ1) is 27.2. The SMILES string of the molecule is CC(CC=C(c1ccccc1)c1ccccc1)C1CCC2[C]3C(O)C[C]4CC(O)CCC4(C)C3CC(O)C21C. The maximum Gasteiger partial charge on any atom is 0.0614 e. The highest BCUT2D eigenvalue weighted by Crippen LogP contribution is 2.69. The molecule has 4 fully saturated rings. The van der Waals surface area contributed by atoms with E-state index in [9.17, 15) is 15.3 Å². The second-order valence-corrected chi connectivity index (χ2v) is 13.6. The van der Waals surface area contributed by atoms with Crippen LogP contribution in [0.15, 0.2) is 66.7 Å². The molecule has 3 nitrogen and oxygen atoms in total. The van der Waals surface area contributed by atoms with Gasteiger partial charge in [-0.25, -0.2) is 0 Å². The monoisotopic (exact) mass is 526 g/mol. The predicted octanol–water partition coefficient (Wildman–Crippen LogP) is 7.02. The molecule has 4 saturated carbocycles. The maximum absolute atomic E-state index is 11.9. The quantitative estimate of drug-likeness (QED) is 0.392. The molecular weight excluding hydrogens is 480 g/mol. The Balaban J connectivity index is 1.26. The van der Waals surface area contributed by atoms with E-state index >= 15 is 0 Å². The van der Waals surface area contributed by atoms with Crippen molar-refractivity contribution in [2.45, 2.75) is 90.4 Å². The minimum absolute atomic E-state index is 0.00279. The first-order chi connectivity index (χ1) is 18.7. The lowest BCUT2D eigenvalue weighted by atomic mass is 9.43. The largest absolute Gasteiger partial charge is 0.393 e. The van der Waals surface area contributed by atoms with Crippen molar-refractivity contribution in [1.82, 2.24) is 0 Å². The molecule has 0 saturated heterocycles. The van der Waals surface area contributed by atoms with Gasteiger partial charge in [0.1, 0.15) is 0 Å². The van der Waals surface area contributed by atoms with Gasteiger partial charge in [-0.3, -0.25) is 0 Å². The second-order valence-electron chi connectivity index (χ2n) is 13.6. The highest BCUT2D eigenvalue weighted by atomic mass is 16.3. The number of fused-ring (bicyclic) bond motifs is 5. The Hall–Kier alpha value is -1.94. The van der Waals surface area contributed by atoms with E-state index in [0.717, 1.165) is 38.5 Å². The third-order valence-electron chi connectivity index (χ3n) is 11.7. The molecule has 3 N–H and O–H groups in total. The molecule has 39 heavy (non-hydrogen) atoms. The van der Waals surface area contributed by atoms with E-state index in [-0.39, 0.29) is 34.9 Å². The summed E-state index contributed by atoms with van der Waals surface area (Å²) in [7, 11) is 0. The van der Waals surface area contributed by atoms with E-state index in [1.54, 1.807) is 0 Å². The zero-order valence-electron chi connectivity index (χ0n) is 23.9. The third kappa shape index (κ3) is 4.53. The Morgan fingerprint density at radius 2 is 1.51 bits per heavy atom. The zero-order chi connectivity index (χ0) is 27.4. The van der Waals surface area contributed by atoms with Gasteiger partial charge in [-0.1, -0.05) is 87.5 Å². The lowest BCUT2D eigenvalue weighted by Crippen LogP contribution is -2.61. The van der Waals surface area contributed by atoms with Crippen LogP contribution < -0.4 is 0 Å². The molecule has 4 aliphatic rings. The van der Waals surface area contributed by atoms with E-state index in [1.165, 1.54) is 28.5 Å². The van der Waals surface area contributed by atoms with Crippen LogP contribution in [0.2, 0.25) is 0 Å². The van der Waals surface area contributed by atoms with Crippen LogP contribution in [0, 0.1) is 46.3 Å². The maximum atomic E-state index is 11.9. The Morgan fingerprint density at radius 1 is 0.872 bits per heavy atom. The Labute approximate surface area is 235 Å². The van der Waals surface area contributed by atoms with Crippen LogP contribution in [-0.4, -0.2) is 33.6 Å². The lowest BCUT2D eigenvalue weighted by molar-refractivity contribution is -0.120. The fourth-order valence-corrected chi connectivity index (χ4v) is 9.53. The van der Waals surface area contributed by atoms with E-state index in [2.05, 4.69) is 87.5 Å². The standard InChI is InChI=1S/C36H46O3/c1-23(14-15-28(24-10-6-4-7-11-24)25-12-8-5-9-13-25)29-16-17-30-34-31(22-33(39)36(29,30)3)35(2)19-18-27(37)20-26(35)21-32(34)38/h4-13,15,23,27,29-33,37-39H,14,16-22H2,1-3H3. The highest BCUT2D eigenvalue weighted by molar-refractivity contribution is 5.79. The van der Waals surface area contributed by atoms with E-state index < -0.39 is 6.10 Å². The first-order valence-corrected chi connectivity index (χ1v) is 15.3. The number of aliphatic hydroxyl groups is 3. The van der Waals surface area contributed by atoms with Gasteiger partial charge in [0, 0.05) is 11.3 Å². The van der Waals surface area contributed by atoms with Crippen LogP contribution in [-0.2, 0) is 0 Å². The topological polar surface area (TPSA) is 60.7 Å². The van der Waals surface area contributed by atoms with Gasteiger partial charge in [-0.2, -0.15) is 0 Å².